The van der Waals surface area contributed by atoms with Crippen LogP contribution in [0.2, 0.25) is 0 Å². The average molecular weight is 404 g/mol. The molecule has 2 aliphatic rings. The van der Waals surface area contributed by atoms with Gasteiger partial charge >= 0.3 is 18.5 Å². The molecule has 0 radical (unpaired) electrons. The van der Waals surface area contributed by atoms with Gasteiger partial charge < -0.3 is 29.5 Å². The molecule has 2 amide bonds. The smallest absolute Gasteiger partial charge is 0.450 e. The summed E-state index contributed by atoms with van der Waals surface area (Å²) in [6.45, 7) is 0.732. The summed E-state index contributed by atoms with van der Waals surface area (Å²) in [5, 5.41) is 18.3. The Kier molecular flexibility index (Phi) is 5.54. The standard InChI is InChI=1S/C17H19F3N2O6/c18-17(19,20)28-13-3-1-10(2-4-13)11-5-14(27-16(25)26)9-21(6-11)15(24)22-7-12(23)8-22/h1-4,11-12,14,23H,5-9H2,(H,25,26). The number of piperidine rings is 1. The van der Waals surface area contributed by atoms with E-state index in [0.717, 1.165) is 0 Å². The lowest BCUT2D eigenvalue weighted by Crippen LogP contribution is -2.60. The van der Waals surface area contributed by atoms with E-state index in [1.54, 1.807) is 0 Å². The summed E-state index contributed by atoms with van der Waals surface area (Å²) >= 11 is 0. The van der Waals surface area contributed by atoms with Gasteiger partial charge in [-0.1, -0.05) is 12.1 Å². The third-order valence-electron chi connectivity index (χ3n) is 4.67. The first-order chi connectivity index (χ1) is 13.1. The summed E-state index contributed by atoms with van der Waals surface area (Å²) in [4.78, 5) is 26.3. The van der Waals surface area contributed by atoms with Gasteiger partial charge in [-0.2, -0.15) is 0 Å². The molecule has 2 fully saturated rings. The summed E-state index contributed by atoms with van der Waals surface area (Å²) in [7, 11) is 0. The van der Waals surface area contributed by atoms with Gasteiger partial charge in [-0.25, -0.2) is 9.59 Å². The number of amides is 2. The molecule has 3 rings (SSSR count). The van der Waals surface area contributed by atoms with Gasteiger partial charge in [0.05, 0.1) is 25.7 Å². The topological polar surface area (TPSA) is 99.5 Å². The largest absolute Gasteiger partial charge is 0.573 e. The second kappa shape index (κ2) is 7.74. The van der Waals surface area contributed by atoms with E-state index in [9.17, 15) is 27.9 Å². The monoisotopic (exact) mass is 404 g/mol. The van der Waals surface area contributed by atoms with Gasteiger partial charge in [0.2, 0.25) is 0 Å². The first-order valence-corrected chi connectivity index (χ1v) is 8.58. The molecule has 2 atom stereocenters. The Bertz CT molecular complexity index is 721. The van der Waals surface area contributed by atoms with E-state index in [4.69, 9.17) is 9.84 Å². The number of urea groups is 1. The highest BCUT2D eigenvalue weighted by Gasteiger charge is 2.38. The molecule has 154 valence electrons. The SMILES string of the molecule is O=C(O)OC1CC(c2ccc(OC(F)(F)F)cc2)CN(C(=O)N2CC(O)C2)C1. The van der Waals surface area contributed by atoms with Gasteiger partial charge in [-0.05, 0) is 24.1 Å². The highest BCUT2D eigenvalue weighted by molar-refractivity contribution is 5.75. The molecule has 0 spiro atoms. The number of alkyl halides is 3. The maximum absolute atomic E-state index is 12.5. The van der Waals surface area contributed by atoms with E-state index >= 15 is 0 Å². The molecule has 11 heteroatoms. The Morgan fingerprint density at radius 1 is 1.04 bits per heavy atom. The molecule has 8 nitrogen and oxygen atoms in total. The Balaban J connectivity index is 1.72. The van der Waals surface area contributed by atoms with Crippen molar-refractivity contribution in [2.75, 3.05) is 26.2 Å². The number of carbonyl (C=O) groups is 2. The van der Waals surface area contributed by atoms with Crippen molar-refractivity contribution in [3.63, 3.8) is 0 Å². The minimum Gasteiger partial charge on any atom is -0.450 e. The Hall–Kier alpha value is -2.69. The van der Waals surface area contributed by atoms with Crippen molar-refractivity contribution in [2.45, 2.75) is 30.9 Å². The molecule has 2 unspecified atom stereocenters. The van der Waals surface area contributed by atoms with Crippen LogP contribution in [0, 0.1) is 0 Å². The van der Waals surface area contributed by atoms with Crippen LogP contribution in [-0.2, 0) is 4.74 Å². The van der Waals surface area contributed by atoms with Crippen LogP contribution in [0.3, 0.4) is 0 Å². The lowest BCUT2D eigenvalue weighted by atomic mass is 9.89. The summed E-state index contributed by atoms with van der Waals surface area (Å²) in [5.74, 6) is -0.693. The molecule has 0 saturated carbocycles. The van der Waals surface area contributed by atoms with Crippen LogP contribution >= 0.6 is 0 Å². The van der Waals surface area contributed by atoms with Crippen molar-refractivity contribution in [3.8, 4) is 5.75 Å². The number of ether oxygens (including phenoxy) is 2. The van der Waals surface area contributed by atoms with Crippen molar-refractivity contribution >= 4 is 12.2 Å². The van der Waals surface area contributed by atoms with E-state index in [0.29, 0.717) is 5.56 Å². The van der Waals surface area contributed by atoms with E-state index < -0.39 is 24.7 Å². The van der Waals surface area contributed by atoms with Crippen molar-refractivity contribution in [2.24, 2.45) is 0 Å². The third-order valence-corrected chi connectivity index (χ3v) is 4.67. The summed E-state index contributed by atoms with van der Waals surface area (Å²) in [5.41, 5.74) is 0.634. The fourth-order valence-corrected chi connectivity index (χ4v) is 3.43. The molecule has 2 heterocycles. The number of nitrogens with zero attached hydrogens (tertiary/aromatic N) is 2. The number of carboxylic acid groups (broad SMARTS) is 1. The number of carbonyl (C=O) groups excluding carboxylic acids is 1. The van der Waals surface area contributed by atoms with Crippen LogP contribution < -0.4 is 4.74 Å². The molecule has 1 aromatic rings. The molecule has 2 aliphatic heterocycles. The second-order valence-corrected chi connectivity index (χ2v) is 6.80. The Morgan fingerprint density at radius 2 is 1.64 bits per heavy atom. The van der Waals surface area contributed by atoms with Gasteiger partial charge in [-0.3, -0.25) is 0 Å². The van der Waals surface area contributed by atoms with Gasteiger partial charge in [0.15, 0.2) is 0 Å². The fourth-order valence-electron chi connectivity index (χ4n) is 3.43. The summed E-state index contributed by atoms with van der Waals surface area (Å²) < 4.78 is 45.6. The molecule has 2 N–H and O–H groups in total. The number of likely N-dealkylation sites (tertiary alicyclic amines) is 2. The first kappa shape index (κ1) is 20.1. The molecule has 2 saturated heterocycles. The third kappa shape index (κ3) is 4.97. The fraction of sp³-hybridized carbons (Fsp3) is 0.529. The van der Waals surface area contributed by atoms with Crippen molar-refractivity contribution in [1.82, 2.24) is 9.80 Å². The number of rotatable bonds is 3. The van der Waals surface area contributed by atoms with E-state index in [2.05, 4.69) is 4.74 Å². The van der Waals surface area contributed by atoms with Gasteiger partial charge in [-0.15, -0.1) is 13.2 Å². The number of hydrogen-bond donors (Lipinski definition) is 2. The second-order valence-electron chi connectivity index (χ2n) is 6.80. The minimum atomic E-state index is -4.79. The Morgan fingerprint density at radius 3 is 2.18 bits per heavy atom. The molecular weight excluding hydrogens is 385 g/mol. The first-order valence-electron chi connectivity index (χ1n) is 8.58. The molecule has 28 heavy (non-hydrogen) atoms. The lowest BCUT2D eigenvalue weighted by Gasteiger charge is -2.43. The van der Waals surface area contributed by atoms with Crippen LogP contribution in [0.5, 0.6) is 5.75 Å². The van der Waals surface area contributed by atoms with E-state index in [1.165, 1.54) is 34.1 Å². The highest BCUT2D eigenvalue weighted by Crippen LogP contribution is 2.32. The molecule has 1 aromatic carbocycles. The van der Waals surface area contributed by atoms with Gasteiger partial charge in [0.25, 0.3) is 0 Å². The van der Waals surface area contributed by atoms with Crippen LogP contribution in [0.25, 0.3) is 0 Å². The number of aliphatic hydroxyl groups is 1. The average Bonchev–Trinajstić information content (AvgIpc) is 2.57. The maximum atomic E-state index is 12.5. The number of halogens is 3. The van der Waals surface area contributed by atoms with Gasteiger partial charge in [0, 0.05) is 12.5 Å². The zero-order valence-electron chi connectivity index (χ0n) is 14.6. The molecular formula is C17H19F3N2O6. The highest BCUT2D eigenvalue weighted by atomic mass is 19.4. The molecule has 0 bridgehead atoms. The number of β-amino-alcohol motifs (C(OH)–C–C–N with tert-alkyl or cyclic N) is 1. The number of aliphatic hydroxyl groups excluding tert-OH is 1. The summed E-state index contributed by atoms with van der Waals surface area (Å²) in [6, 6.07) is 4.90. The number of benzene rings is 1. The molecule has 0 aromatic heterocycles. The Labute approximate surface area is 158 Å². The van der Waals surface area contributed by atoms with Crippen molar-refractivity contribution in [1.29, 1.82) is 0 Å². The van der Waals surface area contributed by atoms with Crippen LogP contribution in [0.1, 0.15) is 17.9 Å². The zero-order valence-corrected chi connectivity index (χ0v) is 14.6. The molecule has 0 aliphatic carbocycles. The van der Waals surface area contributed by atoms with Crippen LogP contribution in [0.4, 0.5) is 22.8 Å². The predicted octanol–water partition coefficient (Wildman–Crippen LogP) is 2.23. The van der Waals surface area contributed by atoms with Crippen molar-refractivity contribution in [3.05, 3.63) is 29.8 Å². The van der Waals surface area contributed by atoms with Crippen LogP contribution in [0.15, 0.2) is 24.3 Å². The normalized spacial score (nSPS) is 23.1. The maximum Gasteiger partial charge on any atom is 0.573 e. The lowest BCUT2D eigenvalue weighted by molar-refractivity contribution is -0.274. The predicted molar refractivity (Wildman–Crippen MR) is 87.9 cm³/mol. The van der Waals surface area contributed by atoms with Crippen molar-refractivity contribution < 1.29 is 42.4 Å². The number of hydrogen-bond acceptors (Lipinski definition) is 5. The van der Waals surface area contributed by atoms with Gasteiger partial charge in [0.1, 0.15) is 11.9 Å². The van der Waals surface area contributed by atoms with E-state index in [-0.39, 0.29) is 50.3 Å². The van der Waals surface area contributed by atoms with Crippen LogP contribution in [-0.4, -0.2) is 76.9 Å². The van der Waals surface area contributed by atoms with E-state index in [1.807, 2.05) is 0 Å². The minimum absolute atomic E-state index is 0.0729. The summed E-state index contributed by atoms with van der Waals surface area (Å²) in [6.07, 6.45) is -7.31. The zero-order chi connectivity index (χ0) is 20.5. The quantitative estimate of drug-likeness (QED) is 0.750.